The summed E-state index contributed by atoms with van der Waals surface area (Å²) >= 11 is 2.90. The van der Waals surface area contributed by atoms with E-state index in [0.717, 1.165) is 6.07 Å². The van der Waals surface area contributed by atoms with Crippen LogP contribution in [0.3, 0.4) is 0 Å². The minimum absolute atomic E-state index is 0.151. The van der Waals surface area contributed by atoms with Gasteiger partial charge in [-0.1, -0.05) is 0 Å². The van der Waals surface area contributed by atoms with Crippen LogP contribution < -0.4 is 4.72 Å². The monoisotopic (exact) mass is 385 g/mol. The molecule has 0 bridgehead atoms. The maximum Gasteiger partial charge on any atom is 0.371 e. The Kier molecular flexibility index (Phi) is 4.67. The van der Waals surface area contributed by atoms with E-state index >= 15 is 0 Å². The Morgan fingerprint density at radius 1 is 1.45 bits per heavy atom. The third-order valence-corrected chi connectivity index (χ3v) is 6.63. The van der Waals surface area contributed by atoms with Crippen molar-refractivity contribution in [3.63, 3.8) is 0 Å². The van der Waals surface area contributed by atoms with E-state index in [1.165, 1.54) is 0 Å². The molecule has 0 saturated carbocycles. The zero-order valence-electron chi connectivity index (χ0n) is 10.2. The van der Waals surface area contributed by atoms with Gasteiger partial charge in [0, 0.05) is 34.4 Å². The van der Waals surface area contributed by atoms with Crippen molar-refractivity contribution in [1.82, 2.24) is 4.72 Å². The first-order valence-electron chi connectivity index (χ1n) is 5.69. The normalized spacial score (nSPS) is 23.6. The second-order valence-corrected chi connectivity index (χ2v) is 8.40. The van der Waals surface area contributed by atoms with Gasteiger partial charge in [-0.3, -0.25) is 4.21 Å². The first kappa shape index (κ1) is 15.7. The second kappa shape index (κ2) is 5.96. The summed E-state index contributed by atoms with van der Waals surface area (Å²) < 4.78 is 42.7. The predicted molar refractivity (Wildman–Crippen MR) is 74.6 cm³/mol. The van der Waals surface area contributed by atoms with Crippen LogP contribution in [0.1, 0.15) is 23.4 Å². The van der Waals surface area contributed by atoms with E-state index in [2.05, 4.69) is 20.7 Å². The van der Waals surface area contributed by atoms with Gasteiger partial charge < -0.3 is 9.52 Å². The maximum absolute atomic E-state index is 12.2. The zero-order valence-corrected chi connectivity index (χ0v) is 13.4. The number of nitrogens with one attached hydrogen (secondary N) is 1. The van der Waals surface area contributed by atoms with Crippen molar-refractivity contribution < 1.29 is 26.9 Å². The van der Waals surface area contributed by atoms with Gasteiger partial charge in [0.15, 0.2) is 4.67 Å². The van der Waals surface area contributed by atoms with Gasteiger partial charge in [0.1, 0.15) is 4.90 Å². The molecular weight excluding hydrogens is 374 g/mol. The lowest BCUT2D eigenvalue weighted by Crippen LogP contribution is -2.39. The number of carboxylic acids is 1. The van der Waals surface area contributed by atoms with Crippen molar-refractivity contribution in [3.05, 3.63) is 16.5 Å². The Morgan fingerprint density at radius 3 is 2.55 bits per heavy atom. The number of carboxylic acid groups (broad SMARTS) is 1. The minimum atomic E-state index is -3.87. The number of carbonyl (C=O) groups is 1. The average molecular weight is 386 g/mol. The molecule has 20 heavy (non-hydrogen) atoms. The highest BCUT2D eigenvalue weighted by Gasteiger charge is 2.28. The minimum Gasteiger partial charge on any atom is -0.475 e. The van der Waals surface area contributed by atoms with E-state index in [9.17, 15) is 17.4 Å². The molecule has 2 N–H and O–H groups in total. The molecule has 1 aliphatic rings. The van der Waals surface area contributed by atoms with Crippen LogP contribution in [0.2, 0.25) is 0 Å². The van der Waals surface area contributed by atoms with E-state index in [4.69, 9.17) is 9.52 Å². The lowest BCUT2D eigenvalue weighted by molar-refractivity contribution is 0.0661. The quantitative estimate of drug-likeness (QED) is 0.796. The van der Waals surface area contributed by atoms with Crippen molar-refractivity contribution in [2.45, 2.75) is 23.8 Å². The molecule has 10 heteroatoms. The third kappa shape index (κ3) is 3.48. The topological polar surface area (TPSA) is 114 Å². The van der Waals surface area contributed by atoms with E-state index < -0.39 is 32.6 Å². The van der Waals surface area contributed by atoms with Crippen molar-refractivity contribution in [2.24, 2.45) is 0 Å². The van der Waals surface area contributed by atoms with Crippen molar-refractivity contribution in [1.29, 1.82) is 0 Å². The molecule has 1 saturated heterocycles. The summed E-state index contributed by atoms with van der Waals surface area (Å²) in [7, 11) is -4.75. The summed E-state index contributed by atoms with van der Waals surface area (Å²) in [5.41, 5.74) is 0. The van der Waals surface area contributed by atoms with Crippen molar-refractivity contribution in [3.8, 4) is 0 Å². The summed E-state index contributed by atoms with van der Waals surface area (Å²) in [6, 6.07) is 0.656. The molecular formula is C10H12BrNO6S2. The molecule has 1 aromatic heterocycles. The second-order valence-electron chi connectivity index (χ2n) is 4.30. The number of rotatable bonds is 4. The van der Waals surface area contributed by atoms with Crippen LogP contribution in [0.15, 0.2) is 20.0 Å². The van der Waals surface area contributed by atoms with Crippen molar-refractivity contribution >= 4 is 42.7 Å². The van der Waals surface area contributed by atoms with Gasteiger partial charge >= 0.3 is 5.97 Å². The molecule has 112 valence electrons. The fourth-order valence-corrected chi connectivity index (χ4v) is 5.38. The Balaban J connectivity index is 2.18. The molecule has 1 aliphatic heterocycles. The van der Waals surface area contributed by atoms with Gasteiger partial charge in [0.25, 0.3) is 0 Å². The molecule has 0 amide bonds. The molecule has 0 unspecified atom stereocenters. The number of sulfonamides is 1. The fourth-order valence-electron chi connectivity index (χ4n) is 1.84. The Hall–Kier alpha value is -0.710. The largest absolute Gasteiger partial charge is 0.475 e. The molecule has 0 spiro atoms. The number of hydrogen-bond donors (Lipinski definition) is 2. The summed E-state index contributed by atoms with van der Waals surface area (Å²) in [4.78, 5) is 10.5. The summed E-state index contributed by atoms with van der Waals surface area (Å²) in [5, 5.41) is 8.78. The van der Waals surface area contributed by atoms with E-state index in [0.29, 0.717) is 24.3 Å². The van der Waals surface area contributed by atoms with E-state index in [1.54, 1.807) is 0 Å². The molecule has 1 aromatic rings. The number of furan rings is 1. The highest BCUT2D eigenvalue weighted by molar-refractivity contribution is 9.10. The van der Waals surface area contributed by atoms with Gasteiger partial charge in [-0.25, -0.2) is 17.9 Å². The third-order valence-electron chi connectivity index (χ3n) is 2.87. The molecule has 1 fully saturated rings. The molecule has 0 aliphatic carbocycles. The summed E-state index contributed by atoms with van der Waals surface area (Å²) in [6.07, 6.45) is 0.986. The van der Waals surface area contributed by atoms with Crippen LogP contribution in [0.5, 0.6) is 0 Å². The van der Waals surface area contributed by atoms with E-state index in [-0.39, 0.29) is 15.6 Å². The van der Waals surface area contributed by atoms with Crippen molar-refractivity contribution in [2.75, 3.05) is 11.5 Å². The first-order valence-corrected chi connectivity index (χ1v) is 9.46. The zero-order chi connectivity index (χ0) is 14.9. The highest BCUT2D eigenvalue weighted by atomic mass is 79.9. The van der Waals surface area contributed by atoms with Crippen LogP contribution in [0.4, 0.5) is 0 Å². The predicted octanol–water partition coefficient (Wildman–Crippen LogP) is 0.930. The van der Waals surface area contributed by atoms with Gasteiger partial charge in [0.2, 0.25) is 15.8 Å². The van der Waals surface area contributed by atoms with E-state index in [1.807, 2.05) is 0 Å². The van der Waals surface area contributed by atoms with Crippen LogP contribution in [-0.4, -0.2) is 41.3 Å². The number of halogens is 1. The molecule has 0 radical (unpaired) electrons. The summed E-state index contributed by atoms with van der Waals surface area (Å²) in [6.45, 7) is 0. The Morgan fingerprint density at radius 2 is 2.05 bits per heavy atom. The lowest BCUT2D eigenvalue weighted by Gasteiger charge is -2.21. The molecule has 7 nitrogen and oxygen atoms in total. The van der Waals surface area contributed by atoms with Crippen LogP contribution >= 0.6 is 15.9 Å². The van der Waals surface area contributed by atoms with Gasteiger partial charge in [-0.2, -0.15) is 0 Å². The van der Waals surface area contributed by atoms with Crippen LogP contribution in [0, 0.1) is 0 Å². The van der Waals surface area contributed by atoms with Gasteiger partial charge in [0.05, 0.1) is 0 Å². The first-order chi connectivity index (χ1) is 9.29. The Labute approximate surface area is 126 Å². The molecule has 0 aromatic carbocycles. The molecule has 2 rings (SSSR count). The standard InChI is InChI=1S/C10H12BrNO6S2/c11-9-8(5-7(18-9)10(13)14)20(16,17)12-6-1-3-19(15)4-2-6/h5-6,12H,1-4H2,(H,13,14). The van der Waals surface area contributed by atoms with Gasteiger partial charge in [-0.15, -0.1) is 0 Å². The van der Waals surface area contributed by atoms with Crippen LogP contribution in [0.25, 0.3) is 0 Å². The average Bonchev–Trinajstić information content (AvgIpc) is 2.75. The van der Waals surface area contributed by atoms with Crippen LogP contribution in [-0.2, 0) is 20.8 Å². The fraction of sp³-hybridized carbons (Fsp3) is 0.500. The smallest absolute Gasteiger partial charge is 0.371 e. The number of hydrogen-bond acceptors (Lipinski definition) is 5. The summed E-state index contributed by atoms with van der Waals surface area (Å²) in [5.74, 6) is -0.887. The highest BCUT2D eigenvalue weighted by Crippen LogP contribution is 2.27. The lowest BCUT2D eigenvalue weighted by atomic mass is 10.2. The maximum atomic E-state index is 12.2. The van der Waals surface area contributed by atoms with Gasteiger partial charge in [-0.05, 0) is 28.8 Å². The molecule has 2 heterocycles. The SMILES string of the molecule is O=C(O)c1cc(S(=O)(=O)NC2CCS(=O)CC2)c(Br)o1. The molecule has 0 atom stereocenters. The Bertz CT molecular complexity index is 643. The number of aromatic carboxylic acids is 1.